The number of carbonyl (C=O) groups is 2. The van der Waals surface area contributed by atoms with Crippen LogP contribution < -0.4 is 5.32 Å². The van der Waals surface area contributed by atoms with Gasteiger partial charge in [0.15, 0.2) is 0 Å². The van der Waals surface area contributed by atoms with Crippen molar-refractivity contribution in [3.63, 3.8) is 0 Å². The van der Waals surface area contributed by atoms with Crippen LogP contribution in [0, 0.1) is 0 Å². The van der Waals surface area contributed by atoms with E-state index in [-0.39, 0.29) is 12.1 Å². The molecule has 0 spiro atoms. The molecule has 0 bridgehead atoms. The number of methoxy groups -OCH3 is 1. The SMILES string of the molecule is COC(=O)C[C@H](NC(=O)c1cnc2ccccc2n1)c1ccccc1. The molecule has 1 amide bonds. The molecule has 1 heterocycles. The fraction of sp³-hybridized carbons (Fsp3) is 0.158. The van der Waals surface area contributed by atoms with Crippen molar-refractivity contribution in [1.82, 2.24) is 15.3 Å². The monoisotopic (exact) mass is 335 g/mol. The lowest BCUT2D eigenvalue weighted by molar-refractivity contribution is -0.141. The molecule has 0 aliphatic heterocycles. The van der Waals surface area contributed by atoms with Crippen molar-refractivity contribution >= 4 is 22.9 Å². The quantitative estimate of drug-likeness (QED) is 0.725. The van der Waals surface area contributed by atoms with Crippen molar-refractivity contribution in [2.24, 2.45) is 0 Å². The summed E-state index contributed by atoms with van der Waals surface area (Å²) in [5.74, 6) is -0.797. The van der Waals surface area contributed by atoms with Crippen LogP contribution >= 0.6 is 0 Å². The zero-order valence-corrected chi connectivity index (χ0v) is 13.7. The predicted molar refractivity (Wildman–Crippen MR) is 92.8 cm³/mol. The number of ether oxygens (including phenoxy) is 1. The lowest BCUT2D eigenvalue weighted by atomic mass is 10.0. The van der Waals surface area contributed by atoms with Gasteiger partial charge in [-0.05, 0) is 17.7 Å². The molecule has 3 aromatic rings. The number of benzene rings is 2. The fourth-order valence-electron chi connectivity index (χ4n) is 2.49. The minimum Gasteiger partial charge on any atom is -0.469 e. The molecule has 2 aromatic carbocycles. The molecule has 25 heavy (non-hydrogen) atoms. The van der Waals surface area contributed by atoms with Crippen LogP contribution in [0.4, 0.5) is 0 Å². The molecule has 0 aliphatic rings. The number of hydrogen-bond acceptors (Lipinski definition) is 5. The lowest BCUT2D eigenvalue weighted by Crippen LogP contribution is -2.31. The number of fused-ring (bicyclic) bond motifs is 1. The summed E-state index contributed by atoms with van der Waals surface area (Å²) in [5.41, 5.74) is 2.37. The van der Waals surface area contributed by atoms with E-state index in [0.717, 1.165) is 5.56 Å². The maximum absolute atomic E-state index is 12.6. The van der Waals surface area contributed by atoms with Gasteiger partial charge in [0, 0.05) is 0 Å². The molecule has 6 nitrogen and oxygen atoms in total. The van der Waals surface area contributed by atoms with E-state index in [1.54, 1.807) is 6.07 Å². The standard InChI is InChI=1S/C19H17N3O3/c1-25-18(23)11-16(13-7-3-2-4-8-13)22-19(24)17-12-20-14-9-5-6-10-15(14)21-17/h2-10,12,16H,11H2,1H3,(H,22,24)/t16-/m0/s1. The van der Waals surface area contributed by atoms with Gasteiger partial charge in [0.05, 0.1) is 36.8 Å². The van der Waals surface area contributed by atoms with Gasteiger partial charge in [0.25, 0.3) is 5.91 Å². The number of aromatic nitrogens is 2. The smallest absolute Gasteiger partial charge is 0.307 e. The van der Waals surface area contributed by atoms with Gasteiger partial charge in [0.2, 0.25) is 0 Å². The number of amides is 1. The number of nitrogens with zero attached hydrogens (tertiary/aromatic N) is 2. The largest absolute Gasteiger partial charge is 0.469 e. The predicted octanol–water partition coefficient (Wildman–Crippen LogP) is 2.66. The molecule has 0 radical (unpaired) electrons. The number of carbonyl (C=O) groups excluding carboxylic acids is 2. The number of nitrogens with one attached hydrogen (secondary N) is 1. The molecule has 0 saturated heterocycles. The summed E-state index contributed by atoms with van der Waals surface area (Å²) < 4.78 is 4.73. The summed E-state index contributed by atoms with van der Waals surface area (Å²) in [7, 11) is 1.32. The first kappa shape index (κ1) is 16.6. The van der Waals surface area contributed by atoms with Crippen molar-refractivity contribution < 1.29 is 14.3 Å². The zero-order valence-electron chi connectivity index (χ0n) is 13.7. The Kier molecular flexibility index (Phi) is 4.99. The Balaban J connectivity index is 1.84. The molecule has 0 aliphatic carbocycles. The molecule has 0 unspecified atom stereocenters. The minimum atomic E-state index is -0.505. The first-order valence-electron chi connectivity index (χ1n) is 7.82. The van der Waals surface area contributed by atoms with E-state index in [1.807, 2.05) is 48.5 Å². The number of rotatable bonds is 5. The number of para-hydroxylation sites is 2. The van der Waals surface area contributed by atoms with Crippen molar-refractivity contribution in [3.05, 3.63) is 72.1 Å². The average Bonchev–Trinajstić information content (AvgIpc) is 2.67. The van der Waals surface area contributed by atoms with E-state index in [1.165, 1.54) is 13.3 Å². The second-order valence-electron chi connectivity index (χ2n) is 5.46. The van der Waals surface area contributed by atoms with Crippen molar-refractivity contribution in [1.29, 1.82) is 0 Å². The third-order valence-corrected chi connectivity index (χ3v) is 3.79. The topological polar surface area (TPSA) is 81.2 Å². The van der Waals surface area contributed by atoms with Gasteiger partial charge in [-0.15, -0.1) is 0 Å². The van der Waals surface area contributed by atoms with Crippen LogP contribution in [-0.4, -0.2) is 29.0 Å². The van der Waals surface area contributed by atoms with Gasteiger partial charge >= 0.3 is 5.97 Å². The normalized spacial score (nSPS) is 11.7. The minimum absolute atomic E-state index is 0.0350. The second kappa shape index (κ2) is 7.53. The lowest BCUT2D eigenvalue weighted by Gasteiger charge is -2.18. The first-order chi connectivity index (χ1) is 12.2. The summed E-state index contributed by atoms with van der Waals surface area (Å²) in [5, 5.41) is 2.84. The van der Waals surface area contributed by atoms with Gasteiger partial charge in [-0.2, -0.15) is 0 Å². The zero-order chi connectivity index (χ0) is 17.6. The van der Waals surface area contributed by atoms with Crippen LogP contribution in [0.15, 0.2) is 60.8 Å². The highest BCUT2D eigenvalue weighted by molar-refractivity contribution is 5.94. The summed E-state index contributed by atoms with van der Waals surface area (Å²) in [6, 6.07) is 16.1. The van der Waals surface area contributed by atoms with Crippen molar-refractivity contribution in [3.8, 4) is 0 Å². The van der Waals surface area contributed by atoms with Gasteiger partial charge in [0.1, 0.15) is 5.69 Å². The average molecular weight is 335 g/mol. The Bertz CT molecular complexity index is 897. The molecule has 1 aromatic heterocycles. The Labute approximate surface area is 144 Å². The molecular formula is C19H17N3O3. The van der Waals surface area contributed by atoms with Crippen LogP contribution in [0.3, 0.4) is 0 Å². The highest BCUT2D eigenvalue weighted by Crippen LogP contribution is 2.18. The third kappa shape index (κ3) is 3.98. The number of esters is 1. The third-order valence-electron chi connectivity index (χ3n) is 3.79. The summed E-state index contributed by atoms with van der Waals surface area (Å²) in [6.07, 6.45) is 1.46. The Morgan fingerprint density at radius 3 is 2.44 bits per heavy atom. The Morgan fingerprint density at radius 2 is 1.72 bits per heavy atom. The van der Waals surface area contributed by atoms with Gasteiger partial charge < -0.3 is 10.1 Å². The van der Waals surface area contributed by atoms with E-state index < -0.39 is 17.9 Å². The second-order valence-corrected chi connectivity index (χ2v) is 5.46. The van der Waals surface area contributed by atoms with Crippen molar-refractivity contribution in [2.45, 2.75) is 12.5 Å². The summed E-state index contributed by atoms with van der Waals surface area (Å²) in [6.45, 7) is 0. The first-order valence-corrected chi connectivity index (χ1v) is 7.82. The molecule has 126 valence electrons. The van der Waals surface area contributed by atoms with Crippen LogP contribution in [-0.2, 0) is 9.53 Å². The van der Waals surface area contributed by atoms with Gasteiger partial charge in [-0.3, -0.25) is 14.6 Å². The van der Waals surface area contributed by atoms with E-state index in [0.29, 0.717) is 11.0 Å². The Morgan fingerprint density at radius 1 is 1.04 bits per heavy atom. The van der Waals surface area contributed by atoms with E-state index in [2.05, 4.69) is 15.3 Å². The highest BCUT2D eigenvalue weighted by Gasteiger charge is 2.20. The van der Waals surface area contributed by atoms with Gasteiger partial charge in [-0.25, -0.2) is 4.98 Å². The molecular weight excluding hydrogens is 318 g/mol. The molecule has 1 atom stereocenters. The Hall–Kier alpha value is -3.28. The van der Waals surface area contributed by atoms with Crippen LogP contribution in [0.5, 0.6) is 0 Å². The van der Waals surface area contributed by atoms with Crippen LogP contribution in [0.2, 0.25) is 0 Å². The van der Waals surface area contributed by atoms with E-state index in [4.69, 9.17) is 4.74 Å². The maximum atomic E-state index is 12.6. The summed E-state index contributed by atoms with van der Waals surface area (Å²) in [4.78, 5) is 32.8. The maximum Gasteiger partial charge on any atom is 0.307 e. The molecule has 0 saturated carbocycles. The van der Waals surface area contributed by atoms with Gasteiger partial charge in [-0.1, -0.05) is 42.5 Å². The summed E-state index contributed by atoms with van der Waals surface area (Å²) >= 11 is 0. The van der Waals surface area contributed by atoms with Crippen LogP contribution in [0.1, 0.15) is 28.5 Å². The highest BCUT2D eigenvalue weighted by atomic mass is 16.5. The van der Waals surface area contributed by atoms with Crippen LogP contribution in [0.25, 0.3) is 11.0 Å². The van der Waals surface area contributed by atoms with Crippen molar-refractivity contribution in [2.75, 3.05) is 7.11 Å². The van der Waals surface area contributed by atoms with E-state index >= 15 is 0 Å². The van der Waals surface area contributed by atoms with E-state index in [9.17, 15) is 9.59 Å². The molecule has 0 fully saturated rings. The fourth-order valence-corrected chi connectivity index (χ4v) is 2.49. The molecule has 1 N–H and O–H groups in total. The molecule has 3 rings (SSSR count). The molecule has 6 heteroatoms. The number of hydrogen-bond donors (Lipinski definition) is 1.